The van der Waals surface area contributed by atoms with Crippen molar-refractivity contribution in [2.45, 2.75) is 18.9 Å². The number of hydrogen-bond donors (Lipinski definition) is 4. The van der Waals surface area contributed by atoms with E-state index in [0.29, 0.717) is 5.75 Å². The zero-order valence-corrected chi connectivity index (χ0v) is 10.4. The van der Waals surface area contributed by atoms with Gasteiger partial charge in [-0.05, 0) is 0 Å². The van der Waals surface area contributed by atoms with Crippen LogP contribution in [0.5, 0.6) is 0 Å². The predicted octanol–water partition coefficient (Wildman–Crippen LogP) is -1.96. The topological polar surface area (TPSA) is 153 Å². The van der Waals surface area contributed by atoms with Gasteiger partial charge in [0.25, 0.3) is 0 Å². The third-order valence-electron chi connectivity index (χ3n) is 1.76. The normalized spacial score (nSPS) is 11.6. The largest absolute Gasteiger partial charge is 0.480 e. The van der Waals surface area contributed by atoms with Gasteiger partial charge >= 0.3 is 5.97 Å². The Bertz CT molecular complexity index is 347. The van der Waals surface area contributed by atoms with Crippen LogP contribution in [0.3, 0.4) is 0 Å². The van der Waals surface area contributed by atoms with Crippen LogP contribution >= 0.6 is 11.8 Å². The van der Waals surface area contributed by atoms with Gasteiger partial charge < -0.3 is 21.9 Å². The summed E-state index contributed by atoms with van der Waals surface area (Å²) in [6, 6.07) is -1.32. The summed E-state index contributed by atoms with van der Waals surface area (Å²) < 4.78 is 0. The molecule has 0 saturated heterocycles. The van der Waals surface area contributed by atoms with Crippen molar-refractivity contribution in [3.05, 3.63) is 0 Å². The number of carbonyl (C=O) groups excluding carboxylic acids is 3. The molecule has 0 heterocycles. The number of carboxylic acids is 1. The summed E-state index contributed by atoms with van der Waals surface area (Å²) in [5.74, 6) is -2.73. The first-order valence-electron chi connectivity index (χ1n) is 4.99. The number of aliphatic carboxylic acids is 1. The van der Waals surface area contributed by atoms with E-state index in [4.69, 9.17) is 16.6 Å². The molecule has 8 nitrogen and oxygen atoms in total. The quantitative estimate of drug-likeness (QED) is 0.359. The van der Waals surface area contributed by atoms with Crippen LogP contribution in [0.25, 0.3) is 0 Å². The molecule has 0 aliphatic heterocycles. The van der Waals surface area contributed by atoms with Gasteiger partial charge in [0.2, 0.25) is 17.7 Å². The number of thioether (sulfide) groups is 1. The molecule has 9 heteroatoms. The van der Waals surface area contributed by atoms with Crippen molar-refractivity contribution in [1.82, 2.24) is 5.32 Å². The zero-order valence-electron chi connectivity index (χ0n) is 9.55. The Balaban J connectivity index is 3.99. The van der Waals surface area contributed by atoms with Gasteiger partial charge in [-0.1, -0.05) is 0 Å². The predicted molar refractivity (Wildman–Crippen MR) is 64.5 cm³/mol. The van der Waals surface area contributed by atoms with Gasteiger partial charge in [0, 0.05) is 12.2 Å². The van der Waals surface area contributed by atoms with Crippen molar-refractivity contribution in [1.29, 1.82) is 0 Å². The van der Waals surface area contributed by atoms with Crippen molar-refractivity contribution in [3.8, 4) is 0 Å². The number of amides is 3. The number of carbonyl (C=O) groups is 4. The lowest BCUT2D eigenvalue weighted by atomic mass is 10.2. The van der Waals surface area contributed by atoms with E-state index in [-0.39, 0.29) is 12.2 Å². The molecule has 102 valence electrons. The minimum Gasteiger partial charge on any atom is -0.480 e. The molecule has 0 radical (unpaired) electrons. The highest BCUT2D eigenvalue weighted by Crippen LogP contribution is 2.02. The first-order chi connectivity index (χ1) is 8.32. The van der Waals surface area contributed by atoms with Crippen LogP contribution in [0.1, 0.15) is 12.8 Å². The zero-order chi connectivity index (χ0) is 14.1. The van der Waals surface area contributed by atoms with E-state index in [0.717, 1.165) is 11.8 Å². The van der Waals surface area contributed by atoms with Crippen LogP contribution in [0.4, 0.5) is 0 Å². The smallest absolute Gasteiger partial charge is 0.326 e. The number of nitrogens with one attached hydrogen (secondary N) is 1. The molecular formula is C9H15N3O5S. The maximum absolute atomic E-state index is 11.3. The van der Waals surface area contributed by atoms with E-state index < -0.39 is 36.2 Å². The molecule has 0 aliphatic rings. The first kappa shape index (κ1) is 16.2. The van der Waals surface area contributed by atoms with Gasteiger partial charge in [-0.25, -0.2) is 4.79 Å². The second kappa shape index (κ2) is 8.34. The first-order valence-corrected chi connectivity index (χ1v) is 6.15. The molecule has 0 spiro atoms. The Labute approximate surface area is 107 Å². The summed E-state index contributed by atoms with van der Waals surface area (Å²) in [7, 11) is 0. The van der Waals surface area contributed by atoms with Crippen LogP contribution in [-0.4, -0.2) is 46.3 Å². The maximum Gasteiger partial charge on any atom is 0.326 e. The van der Waals surface area contributed by atoms with Crippen molar-refractivity contribution in [2.24, 2.45) is 11.5 Å². The fourth-order valence-corrected chi connectivity index (χ4v) is 1.68. The highest BCUT2D eigenvalue weighted by molar-refractivity contribution is 7.99. The van der Waals surface area contributed by atoms with E-state index in [1.807, 2.05) is 0 Å². The van der Waals surface area contributed by atoms with Gasteiger partial charge in [0.15, 0.2) is 0 Å². The summed E-state index contributed by atoms with van der Waals surface area (Å²) in [5.41, 5.74) is 9.75. The summed E-state index contributed by atoms with van der Waals surface area (Å²) in [6.45, 7) is 0. The van der Waals surface area contributed by atoms with Gasteiger partial charge in [-0.15, -0.1) is 0 Å². The standard InChI is InChI=1S/C9H15N3O5S/c10-6(13)3-5(9(16)17)12-8(15)1-2-18-4-7(11)14/h5H,1-4H2,(H2,10,13)(H2,11,14)(H,12,15)(H,16,17). The molecule has 0 bridgehead atoms. The van der Waals surface area contributed by atoms with Crippen molar-refractivity contribution < 1.29 is 24.3 Å². The van der Waals surface area contributed by atoms with E-state index in [2.05, 4.69) is 5.32 Å². The maximum atomic E-state index is 11.3. The lowest BCUT2D eigenvalue weighted by Gasteiger charge is -2.12. The van der Waals surface area contributed by atoms with Crippen molar-refractivity contribution >= 4 is 35.5 Å². The number of hydrogen-bond acceptors (Lipinski definition) is 5. The number of nitrogens with two attached hydrogens (primary N) is 2. The number of carboxylic acid groups (broad SMARTS) is 1. The molecule has 0 aromatic rings. The highest BCUT2D eigenvalue weighted by Gasteiger charge is 2.21. The lowest BCUT2D eigenvalue weighted by Crippen LogP contribution is -2.43. The minimum atomic E-state index is -1.33. The average Bonchev–Trinajstić information content (AvgIpc) is 2.22. The molecule has 0 fully saturated rings. The lowest BCUT2D eigenvalue weighted by molar-refractivity contribution is -0.143. The average molecular weight is 277 g/mol. The van der Waals surface area contributed by atoms with Crippen LogP contribution in [0.15, 0.2) is 0 Å². The third-order valence-corrected chi connectivity index (χ3v) is 2.74. The summed E-state index contributed by atoms with van der Waals surface area (Å²) in [4.78, 5) is 43.0. The van der Waals surface area contributed by atoms with Crippen LogP contribution < -0.4 is 16.8 Å². The molecule has 0 aromatic carbocycles. The Morgan fingerprint density at radius 2 is 1.78 bits per heavy atom. The fraction of sp³-hybridized carbons (Fsp3) is 0.556. The van der Waals surface area contributed by atoms with Crippen molar-refractivity contribution in [3.63, 3.8) is 0 Å². The summed E-state index contributed by atoms with van der Waals surface area (Å²) in [5, 5.41) is 10.9. The molecule has 0 saturated carbocycles. The van der Waals surface area contributed by atoms with Crippen LogP contribution in [0.2, 0.25) is 0 Å². The molecule has 6 N–H and O–H groups in total. The molecular weight excluding hydrogens is 262 g/mol. The number of rotatable bonds is 9. The van der Waals surface area contributed by atoms with E-state index >= 15 is 0 Å². The monoisotopic (exact) mass is 277 g/mol. The van der Waals surface area contributed by atoms with Crippen molar-refractivity contribution in [2.75, 3.05) is 11.5 Å². The Hall–Kier alpha value is -1.77. The fourth-order valence-electron chi connectivity index (χ4n) is 1.01. The van der Waals surface area contributed by atoms with E-state index in [1.54, 1.807) is 0 Å². The van der Waals surface area contributed by atoms with Gasteiger partial charge in [0.05, 0.1) is 12.2 Å². The van der Waals surface area contributed by atoms with Crippen LogP contribution in [-0.2, 0) is 19.2 Å². The van der Waals surface area contributed by atoms with Gasteiger partial charge in [0.1, 0.15) is 6.04 Å². The SMILES string of the molecule is NC(=O)CSCCC(=O)NC(CC(N)=O)C(=O)O. The van der Waals surface area contributed by atoms with E-state index in [1.165, 1.54) is 0 Å². The third kappa shape index (κ3) is 8.39. The summed E-state index contributed by atoms with van der Waals surface area (Å²) in [6.07, 6.45) is -0.435. The van der Waals surface area contributed by atoms with Gasteiger partial charge in [-0.3, -0.25) is 14.4 Å². The molecule has 18 heavy (non-hydrogen) atoms. The number of primary amides is 2. The molecule has 3 amide bonds. The Kier molecular flexibility index (Phi) is 7.52. The molecule has 1 atom stereocenters. The Morgan fingerprint density at radius 3 is 2.22 bits per heavy atom. The van der Waals surface area contributed by atoms with Crippen LogP contribution in [0, 0.1) is 0 Å². The highest BCUT2D eigenvalue weighted by atomic mass is 32.2. The Morgan fingerprint density at radius 1 is 1.17 bits per heavy atom. The summed E-state index contributed by atoms with van der Waals surface area (Å²) >= 11 is 1.16. The second-order valence-corrected chi connectivity index (χ2v) is 4.50. The second-order valence-electron chi connectivity index (χ2n) is 3.40. The van der Waals surface area contributed by atoms with E-state index in [9.17, 15) is 19.2 Å². The minimum absolute atomic E-state index is 0.0283. The molecule has 0 aromatic heterocycles. The molecule has 0 aliphatic carbocycles. The molecule has 1 unspecified atom stereocenters. The molecule has 0 rings (SSSR count). The van der Waals surface area contributed by atoms with Gasteiger partial charge in [-0.2, -0.15) is 11.8 Å².